The molecule has 1 amide bonds. The molecule has 0 aliphatic carbocycles. The van der Waals surface area contributed by atoms with Gasteiger partial charge in [-0.2, -0.15) is 0 Å². The lowest BCUT2D eigenvalue weighted by atomic mass is 10.2. The summed E-state index contributed by atoms with van der Waals surface area (Å²) in [5.74, 6) is 0.988. The maximum atomic E-state index is 12.5. The number of thioether (sulfide) groups is 1. The van der Waals surface area contributed by atoms with Gasteiger partial charge in [-0.05, 0) is 31.2 Å². The molecule has 0 saturated heterocycles. The Bertz CT molecular complexity index is 821. The average Bonchev–Trinajstić information content (AvgIpc) is 2.79. The summed E-state index contributed by atoms with van der Waals surface area (Å²) >= 11 is 1.45. The topological polar surface area (TPSA) is 75.6 Å². The van der Waals surface area contributed by atoms with E-state index in [1.54, 1.807) is 6.07 Å². The van der Waals surface area contributed by atoms with Gasteiger partial charge >= 0.3 is 0 Å². The van der Waals surface area contributed by atoms with E-state index in [0.717, 1.165) is 16.8 Å². The number of fused-ring (bicyclic) bond motifs is 1. The number of anilines is 1. The van der Waals surface area contributed by atoms with E-state index in [1.165, 1.54) is 16.7 Å². The van der Waals surface area contributed by atoms with Gasteiger partial charge in [0.1, 0.15) is 5.82 Å². The van der Waals surface area contributed by atoms with E-state index >= 15 is 0 Å². The van der Waals surface area contributed by atoms with Crippen molar-refractivity contribution in [1.82, 2.24) is 9.97 Å². The first-order chi connectivity index (χ1) is 10.6. The van der Waals surface area contributed by atoms with Gasteiger partial charge in [0.15, 0.2) is 17.6 Å². The van der Waals surface area contributed by atoms with Gasteiger partial charge in [-0.15, -0.1) is 11.8 Å². The van der Waals surface area contributed by atoms with Gasteiger partial charge in [0.05, 0.1) is 11.5 Å². The van der Waals surface area contributed by atoms with Crippen LogP contribution in [0.25, 0.3) is 11.0 Å². The number of nitrogens with zero attached hydrogens (tertiary/aromatic N) is 3. The van der Waals surface area contributed by atoms with Crippen LogP contribution < -0.4 is 4.90 Å². The number of hydrogen-bond donors (Lipinski definition) is 1. The van der Waals surface area contributed by atoms with Crippen LogP contribution in [0.2, 0.25) is 0 Å². The number of aromatic nitrogens is 2. The fraction of sp³-hybridized carbons (Fsp3) is 0.267. The second-order valence-corrected chi connectivity index (χ2v) is 6.24. The number of carbonyl (C=O) groups excluding carboxylic acids is 1. The van der Waals surface area contributed by atoms with E-state index in [2.05, 4.69) is 9.97 Å². The van der Waals surface area contributed by atoms with Gasteiger partial charge in [-0.1, -0.05) is 0 Å². The summed E-state index contributed by atoms with van der Waals surface area (Å²) in [6.07, 6.45) is -1.04. The van der Waals surface area contributed by atoms with Crippen LogP contribution in [0.5, 0.6) is 0 Å². The second-order valence-electron chi connectivity index (χ2n) is 5.11. The highest BCUT2D eigenvalue weighted by atomic mass is 32.2. The molecule has 2 aliphatic rings. The fourth-order valence-corrected chi connectivity index (χ4v) is 3.49. The molecule has 4 heterocycles. The molecule has 1 N–H and O–H groups in total. The molecule has 7 heteroatoms. The normalized spacial score (nSPS) is 21.3. The minimum Gasteiger partial charge on any atom is -0.486 e. The summed E-state index contributed by atoms with van der Waals surface area (Å²) in [6, 6.07) is 7.39. The number of carbonyl (C=O) groups is 1. The molecule has 0 saturated carbocycles. The monoisotopic (exact) mass is 315 g/mol. The molecule has 112 valence electrons. The lowest BCUT2D eigenvalue weighted by Gasteiger charge is -2.20. The highest BCUT2D eigenvalue weighted by Gasteiger charge is 2.43. The third-order valence-corrected chi connectivity index (χ3v) is 4.71. The molecule has 6 nitrogen and oxygen atoms in total. The van der Waals surface area contributed by atoms with Crippen molar-refractivity contribution in [3.8, 4) is 0 Å². The highest BCUT2D eigenvalue weighted by Crippen LogP contribution is 2.38. The van der Waals surface area contributed by atoms with Crippen molar-refractivity contribution in [2.45, 2.75) is 13.2 Å². The van der Waals surface area contributed by atoms with Crippen molar-refractivity contribution in [3.05, 3.63) is 40.6 Å². The van der Waals surface area contributed by atoms with Crippen molar-refractivity contribution in [3.63, 3.8) is 0 Å². The quantitative estimate of drug-likeness (QED) is 0.861. The van der Waals surface area contributed by atoms with Crippen molar-refractivity contribution in [2.24, 2.45) is 0 Å². The zero-order valence-corrected chi connectivity index (χ0v) is 12.6. The Morgan fingerprint density at radius 2 is 2.14 bits per heavy atom. The van der Waals surface area contributed by atoms with E-state index in [0.29, 0.717) is 23.0 Å². The van der Waals surface area contributed by atoms with Gasteiger partial charge < -0.3 is 9.84 Å². The zero-order chi connectivity index (χ0) is 15.3. The minimum absolute atomic E-state index is 0.239. The lowest BCUT2D eigenvalue weighted by molar-refractivity contribution is -0.118. The summed E-state index contributed by atoms with van der Waals surface area (Å²) in [6.45, 7) is 2.36. The van der Waals surface area contributed by atoms with Crippen LogP contribution in [0, 0.1) is 6.92 Å². The first-order valence-electron chi connectivity index (χ1n) is 6.91. The minimum atomic E-state index is -1.04. The summed E-state index contributed by atoms with van der Waals surface area (Å²) in [4.78, 5) is 23.1. The molecule has 22 heavy (non-hydrogen) atoms. The Morgan fingerprint density at radius 1 is 1.32 bits per heavy atom. The maximum Gasteiger partial charge on any atom is 0.297 e. The number of aliphatic hydroxyl groups excluding tert-OH is 1. The number of amides is 1. The Hall–Kier alpha value is -2.12. The van der Waals surface area contributed by atoms with Crippen LogP contribution in [-0.2, 0) is 9.53 Å². The Labute approximate surface area is 130 Å². The molecule has 2 aliphatic heterocycles. The standard InChI is InChI=1S/C15H13N3O3S/c1-8-2-3-9-4-5-10(17-13(9)16-8)18-14(19)11-12(15(18)20)22-7-6-21-11/h2-5,15,20H,6-7H2,1H3. The third kappa shape index (κ3) is 1.97. The predicted octanol–water partition coefficient (Wildman–Crippen LogP) is 1.58. The second kappa shape index (κ2) is 4.96. The average molecular weight is 315 g/mol. The van der Waals surface area contributed by atoms with Gasteiger partial charge in [-0.25, -0.2) is 9.97 Å². The molecular weight excluding hydrogens is 302 g/mol. The summed E-state index contributed by atoms with van der Waals surface area (Å²) < 4.78 is 5.41. The first kappa shape index (κ1) is 13.5. The lowest BCUT2D eigenvalue weighted by Crippen LogP contribution is -2.36. The summed E-state index contributed by atoms with van der Waals surface area (Å²) in [7, 11) is 0. The van der Waals surface area contributed by atoms with Crippen LogP contribution in [0.1, 0.15) is 5.69 Å². The van der Waals surface area contributed by atoms with Gasteiger partial charge in [0, 0.05) is 16.8 Å². The maximum absolute atomic E-state index is 12.5. The van der Waals surface area contributed by atoms with Gasteiger partial charge in [0.2, 0.25) is 0 Å². The number of rotatable bonds is 1. The summed E-state index contributed by atoms with van der Waals surface area (Å²) in [5.41, 5.74) is 1.40. The van der Waals surface area contributed by atoms with Crippen LogP contribution in [0.4, 0.5) is 5.82 Å². The number of hydrogen-bond acceptors (Lipinski definition) is 6. The first-order valence-corrected chi connectivity index (χ1v) is 7.89. The van der Waals surface area contributed by atoms with E-state index in [4.69, 9.17) is 4.74 Å². The van der Waals surface area contributed by atoms with E-state index in [9.17, 15) is 9.90 Å². The largest absolute Gasteiger partial charge is 0.486 e. The Balaban J connectivity index is 1.77. The molecule has 0 fully saturated rings. The Kier molecular flexibility index (Phi) is 3.05. The molecule has 2 aromatic heterocycles. The van der Waals surface area contributed by atoms with Gasteiger partial charge in [0.25, 0.3) is 5.91 Å². The fourth-order valence-electron chi connectivity index (χ4n) is 2.58. The predicted molar refractivity (Wildman–Crippen MR) is 83.2 cm³/mol. The van der Waals surface area contributed by atoms with Gasteiger partial charge in [-0.3, -0.25) is 9.69 Å². The van der Waals surface area contributed by atoms with Crippen molar-refractivity contribution in [2.75, 3.05) is 17.3 Å². The van der Waals surface area contributed by atoms with Crippen molar-refractivity contribution >= 4 is 34.5 Å². The number of pyridine rings is 2. The van der Waals surface area contributed by atoms with E-state index in [1.807, 2.05) is 25.1 Å². The molecule has 2 aromatic rings. The van der Waals surface area contributed by atoms with Crippen LogP contribution >= 0.6 is 11.8 Å². The number of ether oxygens (including phenoxy) is 1. The highest BCUT2D eigenvalue weighted by molar-refractivity contribution is 8.03. The van der Waals surface area contributed by atoms with Crippen LogP contribution in [-0.4, -0.2) is 39.6 Å². The molecular formula is C15H13N3O3S. The summed E-state index contributed by atoms with van der Waals surface area (Å²) in [5, 5.41) is 11.3. The molecule has 4 rings (SSSR count). The van der Waals surface area contributed by atoms with Crippen molar-refractivity contribution < 1.29 is 14.6 Å². The Morgan fingerprint density at radius 3 is 2.95 bits per heavy atom. The smallest absolute Gasteiger partial charge is 0.297 e. The van der Waals surface area contributed by atoms with E-state index < -0.39 is 6.23 Å². The van der Waals surface area contributed by atoms with Crippen molar-refractivity contribution in [1.29, 1.82) is 0 Å². The third-order valence-electron chi connectivity index (χ3n) is 3.63. The molecule has 1 unspecified atom stereocenters. The molecule has 0 aromatic carbocycles. The van der Waals surface area contributed by atoms with E-state index in [-0.39, 0.29) is 11.7 Å². The molecule has 0 bridgehead atoms. The molecule has 0 spiro atoms. The van der Waals surface area contributed by atoms with Crippen LogP contribution in [0.3, 0.4) is 0 Å². The number of aryl methyl sites for hydroxylation is 1. The SMILES string of the molecule is Cc1ccc2ccc(N3C(=O)C4=C(SCCO4)C3O)nc2n1. The molecule has 1 atom stereocenters. The zero-order valence-electron chi connectivity index (χ0n) is 11.8. The number of aliphatic hydroxyl groups is 1. The molecule has 0 radical (unpaired) electrons. The van der Waals surface area contributed by atoms with Crippen LogP contribution in [0.15, 0.2) is 34.9 Å².